The van der Waals surface area contributed by atoms with Gasteiger partial charge in [-0.25, -0.2) is 9.38 Å². The molecule has 0 aliphatic carbocycles. The van der Waals surface area contributed by atoms with Crippen LogP contribution in [0.4, 0.5) is 23.2 Å². The lowest BCUT2D eigenvalue weighted by Crippen LogP contribution is -2.52. The molecular formula is C28H24F4N4O3. The highest BCUT2D eigenvalue weighted by Gasteiger charge is 2.35. The quantitative estimate of drug-likeness (QED) is 0.466. The fraction of sp³-hybridized carbons (Fsp3) is 0.214. The van der Waals surface area contributed by atoms with E-state index in [4.69, 9.17) is 0 Å². The monoisotopic (exact) mass is 540 g/mol. The van der Waals surface area contributed by atoms with Gasteiger partial charge in [0.15, 0.2) is 0 Å². The normalized spacial score (nSPS) is 16.1. The molecule has 1 aliphatic heterocycles. The number of rotatable bonds is 6. The molecule has 3 aromatic carbocycles. The SMILES string of the molecule is CC(NC(=O)Cc1ccc(F)cc1C(F)(F)F)C(=O)N[C@H]1N=C(c2ccccc2)c2ccccc2N(C)C1=O. The number of benzodiazepines with no additional fused rings is 1. The fourth-order valence-corrected chi connectivity index (χ4v) is 4.20. The van der Waals surface area contributed by atoms with E-state index in [0.717, 1.165) is 12.1 Å². The van der Waals surface area contributed by atoms with E-state index in [1.165, 1.54) is 11.8 Å². The number of benzene rings is 3. The second kappa shape index (κ2) is 11.1. The zero-order valence-corrected chi connectivity index (χ0v) is 20.9. The van der Waals surface area contributed by atoms with Gasteiger partial charge in [-0.1, -0.05) is 54.6 Å². The molecule has 39 heavy (non-hydrogen) atoms. The maximum atomic E-state index is 13.4. The lowest BCUT2D eigenvalue weighted by Gasteiger charge is -2.22. The topological polar surface area (TPSA) is 90.9 Å². The second-order valence-electron chi connectivity index (χ2n) is 8.93. The van der Waals surface area contributed by atoms with Crippen molar-refractivity contribution in [2.24, 2.45) is 4.99 Å². The molecule has 0 saturated heterocycles. The molecule has 1 unspecified atom stereocenters. The van der Waals surface area contributed by atoms with Gasteiger partial charge in [0.2, 0.25) is 18.0 Å². The van der Waals surface area contributed by atoms with Gasteiger partial charge in [-0.05, 0) is 30.7 Å². The molecule has 4 rings (SSSR count). The van der Waals surface area contributed by atoms with E-state index in [-0.39, 0.29) is 0 Å². The minimum atomic E-state index is -4.86. The van der Waals surface area contributed by atoms with Crippen molar-refractivity contribution in [3.8, 4) is 0 Å². The van der Waals surface area contributed by atoms with Crippen molar-refractivity contribution in [3.63, 3.8) is 0 Å². The minimum Gasteiger partial charge on any atom is -0.344 e. The molecule has 1 aliphatic rings. The fourth-order valence-electron chi connectivity index (χ4n) is 4.20. The Morgan fingerprint density at radius 3 is 2.38 bits per heavy atom. The molecule has 0 spiro atoms. The number of fused-ring (bicyclic) bond motifs is 1. The van der Waals surface area contributed by atoms with Gasteiger partial charge >= 0.3 is 6.18 Å². The van der Waals surface area contributed by atoms with Crippen LogP contribution in [0, 0.1) is 5.82 Å². The van der Waals surface area contributed by atoms with Crippen LogP contribution >= 0.6 is 0 Å². The van der Waals surface area contributed by atoms with E-state index >= 15 is 0 Å². The Morgan fingerprint density at radius 2 is 1.69 bits per heavy atom. The van der Waals surface area contributed by atoms with Crippen LogP contribution < -0.4 is 15.5 Å². The van der Waals surface area contributed by atoms with E-state index in [9.17, 15) is 31.9 Å². The Morgan fingerprint density at radius 1 is 1.03 bits per heavy atom. The second-order valence-corrected chi connectivity index (χ2v) is 8.93. The number of aliphatic imine (C=N–C) groups is 1. The third-order valence-electron chi connectivity index (χ3n) is 6.17. The van der Waals surface area contributed by atoms with Gasteiger partial charge in [-0.3, -0.25) is 14.4 Å². The summed E-state index contributed by atoms with van der Waals surface area (Å²) in [5, 5.41) is 4.85. The maximum absolute atomic E-state index is 13.4. The third kappa shape index (κ3) is 6.14. The first-order valence-corrected chi connectivity index (χ1v) is 11.9. The largest absolute Gasteiger partial charge is 0.416 e. The molecular weight excluding hydrogens is 516 g/mol. The predicted molar refractivity (Wildman–Crippen MR) is 137 cm³/mol. The Balaban J connectivity index is 1.53. The summed E-state index contributed by atoms with van der Waals surface area (Å²) in [6.45, 7) is 1.32. The molecule has 7 nitrogen and oxygen atoms in total. The van der Waals surface area contributed by atoms with Crippen LogP contribution in [-0.4, -0.2) is 42.7 Å². The highest BCUT2D eigenvalue weighted by Crippen LogP contribution is 2.33. The summed E-state index contributed by atoms with van der Waals surface area (Å²) >= 11 is 0. The Labute approximate surface area is 221 Å². The molecule has 11 heteroatoms. The molecule has 0 fully saturated rings. The molecule has 1 heterocycles. The highest BCUT2D eigenvalue weighted by molar-refractivity contribution is 6.20. The lowest BCUT2D eigenvalue weighted by molar-refractivity contribution is -0.138. The minimum absolute atomic E-state index is 0.313. The predicted octanol–water partition coefficient (Wildman–Crippen LogP) is 3.85. The number of carbonyl (C=O) groups excluding carboxylic acids is 3. The average molecular weight is 541 g/mol. The van der Waals surface area contributed by atoms with Crippen molar-refractivity contribution >= 4 is 29.1 Å². The standard InChI is InChI=1S/C28H24F4N4O3/c1-16(33-23(37)14-18-12-13-19(29)15-21(18)28(30,31)32)26(38)35-25-27(39)36(2)22-11-7-6-10-20(22)24(34-25)17-8-4-3-5-9-17/h3-13,15-16,25H,14H2,1-2H3,(H,33,37)(H,35,38)/t16?,25-/m1/s1. The first-order chi connectivity index (χ1) is 18.5. The third-order valence-corrected chi connectivity index (χ3v) is 6.17. The summed E-state index contributed by atoms with van der Waals surface area (Å²) in [7, 11) is 1.55. The highest BCUT2D eigenvalue weighted by atomic mass is 19.4. The smallest absolute Gasteiger partial charge is 0.344 e. The summed E-state index contributed by atoms with van der Waals surface area (Å²) in [5.74, 6) is -3.27. The average Bonchev–Trinajstić information content (AvgIpc) is 3.00. The van der Waals surface area contributed by atoms with Crippen LogP contribution in [0.15, 0.2) is 77.8 Å². The van der Waals surface area contributed by atoms with Gasteiger partial charge in [-0.2, -0.15) is 13.2 Å². The molecule has 202 valence electrons. The lowest BCUT2D eigenvalue weighted by atomic mass is 10.0. The summed E-state index contributed by atoms with van der Waals surface area (Å²) in [6, 6.07) is 17.0. The van der Waals surface area contributed by atoms with Crippen LogP contribution in [0.2, 0.25) is 0 Å². The van der Waals surface area contributed by atoms with Crippen LogP contribution in [-0.2, 0) is 27.0 Å². The Hall–Kier alpha value is -4.54. The number of amides is 3. The summed E-state index contributed by atoms with van der Waals surface area (Å²) in [5.41, 5.74) is 0.740. The van der Waals surface area contributed by atoms with E-state index < -0.39 is 59.5 Å². The number of likely N-dealkylation sites (N-methyl/N-ethyl adjacent to an activating group) is 1. The van der Waals surface area contributed by atoms with Gasteiger partial charge in [0.1, 0.15) is 11.9 Å². The number of anilines is 1. The number of halogens is 4. The van der Waals surface area contributed by atoms with Crippen LogP contribution in [0.5, 0.6) is 0 Å². The molecule has 0 aromatic heterocycles. The van der Waals surface area contributed by atoms with Crippen molar-refractivity contribution in [2.45, 2.75) is 31.7 Å². The van der Waals surface area contributed by atoms with Crippen molar-refractivity contribution in [1.82, 2.24) is 10.6 Å². The molecule has 2 N–H and O–H groups in total. The van der Waals surface area contributed by atoms with Gasteiger partial charge in [0.05, 0.1) is 23.4 Å². The maximum Gasteiger partial charge on any atom is 0.416 e. The Bertz CT molecular complexity index is 1440. The van der Waals surface area contributed by atoms with Crippen LogP contribution in [0.1, 0.15) is 29.2 Å². The van der Waals surface area contributed by atoms with Crippen LogP contribution in [0.3, 0.4) is 0 Å². The van der Waals surface area contributed by atoms with Gasteiger partial charge in [0.25, 0.3) is 5.91 Å². The number of carbonyl (C=O) groups is 3. The van der Waals surface area contributed by atoms with Crippen LogP contribution in [0.25, 0.3) is 0 Å². The number of alkyl halides is 3. The zero-order valence-electron chi connectivity index (χ0n) is 20.9. The summed E-state index contributed by atoms with van der Waals surface area (Å²) in [6.07, 6.45) is -6.93. The van der Waals surface area contributed by atoms with Gasteiger partial charge < -0.3 is 15.5 Å². The Kier molecular flexibility index (Phi) is 7.80. The molecule has 0 bridgehead atoms. The van der Waals surface area contributed by atoms with E-state index in [2.05, 4.69) is 15.6 Å². The first kappa shape index (κ1) is 27.5. The summed E-state index contributed by atoms with van der Waals surface area (Å²) < 4.78 is 53.2. The van der Waals surface area contributed by atoms with E-state index in [1.807, 2.05) is 36.4 Å². The van der Waals surface area contributed by atoms with Gasteiger partial charge in [-0.15, -0.1) is 0 Å². The van der Waals surface area contributed by atoms with Crippen molar-refractivity contribution in [2.75, 3.05) is 11.9 Å². The van der Waals surface area contributed by atoms with Crippen molar-refractivity contribution in [1.29, 1.82) is 0 Å². The van der Waals surface area contributed by atoms with E-state index in [1.54, 1.807) is 25.2 Å². The number of hydrogen-bond donors (Lipinski definition) is 2. The molecule has 0 radical (unpaired) electrons. The molecule has 2 atom stereocenters. The van der Waals surface area contributed by atoms with Crippen molar-refractivity contribution < 1.29 is 31.9 Å². The van der Waals surface area contributed by atoms with E-state index in [0.29, 0.717) is 28.6 Å². The number of nitrogens with zero attached hydrogens (tertiary/aromatic N) is 2. The van der Waals surface area contributed by atoms with Crippen molar-refractivity contribution in [3.05, 3.63) is 101 Å². The number of para-hydroxylation sites is 1. The molecule has 3 amide bonds. The molecule has 3 aromatic rings. The van der Waals surface area contributed by atoms with Gasteiger partial charge in [0, 0.05) is 18.2 Å². The zero-order chi connectivity index (χ0) is 28.3. The number of nitrogens with one attached hydrogen (secondary N) is 2. The number of hydrogen-bond acceptors (Lipinski definition) is 4. The first-order valence-electron chi connectivity index (χ1n) is 11.9. The summed E-state index contributed by atoms with van der Waals surface area (Å²) in [4.78, 5) is 44.6. The molecule has 0 saturated carbocycles.